The van der Waals surface area contributed by atoms with E-state index in [9.17, 15) is 4.39 Å². The summed E-state index contributed by atoms with van der Waals surface area (Å²) in [4.78, 5) is 0.236. The molecule has 0 amide bonds. The van der Waals surface area contributed by atoms with Crippen molar-refractivity contribution in [1.82, 2.24) is 0 Å². The molecule has 0 aromatic heterocycles. The van der Waals surface area contributed by atoms with E-state index in [1.54, 1.807) is 18.2 Å². The van der Waals surface area contributed by atoms with E-state index in [2.05, 4.69) is 15.9 Å². The lowest BCUT2D eigenvalue weighted by atomic mass is 10.2. The van der Waals surface area contributed by atoms with E-state index < -0.39 is 0 Å². The average molecular weight is 326 g/mol. The molecule has 18 heavy (non-hydrogen) atoms. The van der Waals surface area contributed by atoms with Gasteiger partial charge in [-0.3, -0.25) is 0 Å². The quantitative estimate of drug-likeness (QED) is 0.866. The van der Waals surface area contributed by atoms with Gasteiger partial charge in [0.2, 0.25) is 0 Å². The van der Waals surface area contributed by atoms with E-state index in [4.69, 9.17) is 22.7 Å². The molecule has 2 aromatic carbocycles. The van der Waals surface area contributed by atoms with E-state index >= 15 is 0 Å². The van der Waals surface area contributed by atoms with Crippen LogP contribution >= 0.6 is 28.1 Å². The van der Waals surface area contributed by atoms with Crippen LogP contribution in [0.15, 0.2) is 46.9 Å². The fourth-order valence-corrected chi connectivity index (χ4v) is 2.36. The number of thiocarbonyl (C=S) groups is 1. The first kappa shape index (κ1) is 13.0. The maximum absolute atomic E-state index is 12.8. The summed E-state index contributed by atoms with van der Waals surface area (Å²) >= 11 is 8.35. The second-order valence-corrected chi connectivity index (χ2v) is 4.83. The van der Waals surface area contributed by atoms with Gasteiger partial charge in [0.15, 0.2) is 0 Å². The predicted octanol–water partition coefficient (Wildman–Crippen LogP) is 4.01. The van der Waals surface area contributed by atoms with Crippen molar-refractivity contribution in [3.8, 4) is 11.5 Å². The zero-order chi connectivity index (χ0) is 13.1. The molecular formula is C13H9BrFNOS. The van der Waals surface area contributed by atoms with Gasteiger partial charge in [0.1, 0.15) is 22.3 Å². The molecule has 2 N–H and O–H groups in total. The molecule has 0 unspecified atom stereocenters. The molecule has 5 heteroatoms. The maximum atomic E-state index is 12.8. The third kappa shape index (κ3) is 2.86. The van der Waals surface area contributed by atoms with Crippen LogP contribution in [0.25, 0.3) is 0 Å². The SMILES string of the molecule is NC(=S)c1c(Br)cccc1Oc1ccc(F)cc1. The van der Waals surface area contributed by atoms with Gasteiger partial charge in [0.25, 0.3) is 0 Å². The lowest BCUT2D eigenvalue weighted by Gasteiger charge is -2.11. The first-order valence-corrected chi connectivity index (χ1v) is 6.30. The zero-order valence-corrected chi connectivity index (χ0v) is 11.6. The third-order valence-corrected chi connectivity index (χ3v) is 3.13. The second kappa shape index (κ2) is 5.46. The topological polar surface area (TPSA) is 35.2 Å². The van der Waals surface area contributed by atoms with Crippen LogP contribution < -0.4 is 10.5 Å². The summed E-state index contributed by atoms with van der Waals surface area (Å²) in [6.07, 6.45) is 0. The zero-order valence-electron chi connectivity index (χ0n) is 9.19. The molecular weight excluding hydrogens is 317 g/mol. The van der Waals surface area contributed by atoms with Crippen molar-refractivity contribution in [2.24, 2.45) is 5.73 Å². The second-order valence-electron chi connectivity index (χ2n) is 3.53. The number of hydrogen-bond acceptors (Lipinski definition) is 2. The lowest BCUT2D eigenvalue weighted by molar-refractivity contribution is 0.479. The molecule has 0 aliphatic rings. The Morgan fingerprint density at radius 3 is 2.44 bits per heavy atom. The Hall–Kier alpha value is -1.46. The Morgan fingerprint density at radius 1 is 1.17 bits per heavy atom. The first-order valence-electron chi connectivity index (χ1n) is 5.09. The van der Waals surface area contributed by atoms with Crippen molar-refractivity contribution in [2.45, 2.75) is 0 Å². The molecule has 2 rings (SSSR count). The van der Waals surface area contributed by atoms with Crippen LogP contribution in [-0.4, -0.2) is 4.99 Å². The molecule has 0 bridgehead atoms. The van der Waals surface area contributed by atoms with E-state index in [1.165, 1.54) is 12.1 Å². The Labute approximate surface area is 118 Å². The minimum atomic E-state index is -0.314. The third-order valence-electron chi connectivity index (χ3n) is 2.26. The van der Waals surface area contributed by atoms with Crippen molar-refractivity contribution in [3.63, 3.8) is 0 Å². The summed E-state index contributed by atoms with van der Waals surface area (Å²) in [5.74, 6) is 0.738. The monoisotopic (exact) mass is 325 g/mol. The van der Waals surface area contributed by atoms with E-state index in [1.807, 2.05) is 12.1 Å². The fraction of sp³-hybridized carbons (Fsp3) is 0. The van der Waals surface area contributed by atoms with Crippen molar-refractivity contribution in [1.29, 1.82) is 0 Å². The summed E-state index contributed by atoms with van der Waals surface area (Å²) in [5, 5.41) is 0. The van der Waals surface area contributed by atoms with Crippen molar-refractivity contribution in [2.75, 3.05) is 0 Å². The molecule has 0 heterocycles. The van der Waals surface area contributed by atoms with Gasteiger partial charge >= 0.3 is 0 Å². The number of hydrogen-bond donors (Lipinski definition) is 1. The van der Waals surface area contributed by atoms with Gasteiger partial charge in [0, 0.05) is 4.47 Å². The molecule has 0 saturated heterocycles. The van der Waals surface area contributed by atoms with Crippen LogP contribution in [-0.2, 0) is 0 Å². The highest BCUT2D eigenvalue weighted by molar-refractivity contribution is 9.10. The number of ether oxygens (including phenoxy) is 1. The summed E-state index contributed by atoms with van der Waals surface area (Å²) in [7, 11) is 0. The summed E-state index contributed by atoms with van der Waals surface area (Å²) in [6.45, 7) is 0. The molecule has 0 radical (unpaired) electrons. The summed E-state index contributed by atoms with van der Waals surface area (Å²) < 4.78 is 19.2. The van der Waals surface area contributed by atoms with Crippen LogP contribution in [0.5, 0.6) is 11.5 Å². The van der Waals surface area contributed by atoms with Crippen LogP contribution in [0.3, 0.4) is 0 Å². The van der Waals surface area contributed by atoms with Crippen LogP contribution in [0.1, 0.15) is 5.56 Å². The van der Waals surface area contributed by atoms with Gasteiger partial charge in [-0.2, -0.15) is 0 Å². The minimum Gasteiger partial charge on any atom is -0.457 e. The molecule has 2 aromatic rings. The van der Waals surface area contributed by atoms with Gasteiger partial charge in [-0.25, -0.2) is 4.39 Å². The normalized spacial score (nSPS) is 10.1. The van der Waals surface area contributed by atoms with Crippen LogP contribution in [0.4, 0.5) is 4.39 Å². The van der Waals surface area contributed by atoms with Gasteiger partial charge in [-0.15, -0.1) is 0 Å². The molecule has 92 valence electrons. The highest BCUT2D eigenvalue weighted by Crippen LogP contribution is 2.30. The van der Waals surface area contributed by atoms with Crippen LogP contribution in [0, 0.1) is 5.82 Å². The highest BCUT2D eigenvalue weighted by atomic mass is 79.9. The number of halogens is 2. The molecule has 0 aliphatic heterocycles. The largest absolute Gasteiger partial charge is 0.457 e. The Kier molecular flexibility index (Phi) is 3.93. The predicted molar refractivity (Wildman–Crippen MR) is 76.5 cm³/mol. The van der Waals surface area contributed by atoms with Crippen molar-refractivity contribution in [3.05, 3.63) is 58.3 Å². The van der Waals surface area contributed by atoms with E-state index in [0.717, 1.165) is 4.47 Å². The van der Waals surface area contributed by atoms with Gasteiger partial charge in [0.05, 0.1) is 5.56 Å². The first-order chi connectivity index (χ1) is 8.58. The maximum Gasteiger partial charge on any atom is 0.138 e. The average Bonchev–Trinajstić information content (AvgIpc) is 2.32. The smallest absolute Gasteiger partial charge is 0.138 e. The standard InChI is InChI=1S/C13H9BrFNOS/c14-10-2-1-3-11(12(10)13(16)18)17-9-6-4-8(15)5-7-9/h1-7H,(H2,16,18). The lowest BCUT2D eigenvalue weighted by Crippen LogP contribution is -2.11. The molecule has 0 aliphatic carbocycles. The molecule has 2 nitrogen and oxygen atoms in total. The molecule has 0 fully saturated rings. The van der Waals surface area contributed by atoms with Gasteiger partial charge in [-0.1, -0.05) is 18.3 Å². The molecule has 0 spiro atoms. The van der Waals surface area contributed by atoms with E-state index in [0.29, 0.717) is 17.1 Å². The summed E-state index contributed by atoms with van der Waals surface area (Å²) in [6, 6.07) is 11.1. The Balaban J connectivity index is 2.37. The van der Waals surface area contributed by atoms with Crippen molar-refractivity contribution < 1.29 is 9.13 Å². The Morgan fingerprint density at radius 2 is 1.83 bits per heavy atom. The summed E-state index contributed by atoms with van der Waals surface area (Å²) in [5.41, 5.74) is 6.28. The van der Waals surface area contributed by atoms with Crippen LogP contribution in [0.2, 0.25) is 0 Å². The number of nitrogens with two attached hydrogens (primary N) is 1. The Bertz CT molecular complexity index is 586. The minimum absolute atomic E-state index is 0.236. The highest BCUT2D eigenvalue weighted by Gasteiger charge is 2.11. The molecule has 0 saturated carbocycles. The fourth-order valence-electron chi connectivity index (χ4n) is 1.46. The molecule has 0 atom stereocenters. The van der Waals surface area contributed by atoms with Gasteiger partial charge in [-0.05, 0) is 52.3 Å². The van der Waals surface area contributed by atoms with E-state index in [-0.39, 0.29) is 10.8 Å². The number of rotatable bonds is 3. The van der Waals surface area contributed by atoms with Gasteiger partial charge < -0.3 is 10.5 Å². The van der Waals surface area contributed by atoms with Crippen molar-refractivity contribution >= 4 is 33.1 Å². The number of benzene rings is 2.